The lowest BCUT2D eigenvalue weighted by atomic mass is 10.2. The van der Waals surface area contributed by atoms with E-state index in [1.807, 2.05) is 13.8 Å². The van der Waals surface area contributed by atoms with Crippen LogP contribution in [0.5, 0.6) is 0 Å². The van der Waals surface area contributed by atoms with E-state index in [4.69, 9.17) is 0 Å². The second-order valence-electron chi connectivity index (χ2n) is 4.88. The maximum atomic E-state index is 11.7. The van der Waals surface area contributed by atoms with Crippen LogP contribution in [-0.4, -0.2) is 21.8 Å². The van der Waals surface area contributed by atoms with E-state index in [2.05, 4.69) is 20.6 Å². The number of fused-ring (bicyclic) bond motifs is 1. The summed E-state index contributed by atoms with van der Waals surface area (Å²) in [5.41, 5.74) is 2.69. The Morgan fingerprint density at radius 3 is 2.24 bits per heavy atom. The molecule has 1 aromatic carbocycles. The molecular weight excluding hydrogens is 268 g/mol. The van der Waals surface area contributed by atoms with Crippen molar-refractivity contribution in [1.82, 2.24) is 9.97 Å². The highest BCUT2D eigenvalue weighted by atomic mass is 16.2. The predicted molar refractivity (Wildman–Crippen MR) is 83.2 cm³/mol. The molecule has 0 saturated heterocycles. The number of carbonyl (C=O) groups is 2. The standard InChI is InChI=1S/C15H20N4O2/c1-3-5-12(20)18-10-7-8-11(19-13(21)6-4-2)15-14(10)16-9-17-15/h7-9H,3-6H2,1-2H3,(H,16,17)(H,18,20)(H,19,21). The molecule has 0 fully saturated rings. The van der Waals surface area contributed by atoms with Gasteiger partial charge in [-0.1, -0.05) is 13.8 Å². The summed E-state index contributed by atoms with van der Waals surface area (Å²) >= 11 is 0. The van der Waals surface area contributed by atoms with E-state index < -0.39 is 0 Å². The third-order valence-electron chi connectivity index (χ3n) is 3.08. The zero-order chi connectivity index (χ0) is 15.2. The highest BCUT2D eigenvalue weighted by molar-refractivity contribution is 6.06. The highest BCUT2D eigenvalue weighted by Gasteiger charge is 2.12. The summed E-state index contributed by atoms with van der Waals surface area (Å²) < 4.78 is 0. The number of imidazole rings is 1. The number of hydrogen-bond acceptors (Lipinski definition) is 3. The molecule has 0 aliphatic carbocycles. The number of aromatic nitrogens is 2. The summed E-state index contributed by atoms with van der Waals surface area (Å²) in [5.74, 6) is -0.0688. The number of carbonyl (C=O) groups excluding carboxylic acids is 2. The molecule has 6 heteroatoms. The van der Waals surface area contributed by atoms with Crippen LogP contribution in [0.15, 0.2) is 18.5 Å². The number of H-pyrrole nitrogens is 1. The Balaban J connectivity index is 2.26. The average molecular weight is 288 g/mol. The highest BCUT2D eigenvalue weighted by Crippen LogP contribution is 2.27. The first-order chi connectivity index (χ1) is 10.2. The van der Waals surface area contributed by atoms with Crippen LogP contribution in [0.1, 0.15) is 39.5 Å². The number of benzene rings is 1. The quantitative estimate of drug-likeness (QED) is 0.763. The van der Waals surface area contributed by atoms with Crippen LogP contribution < -0.4 is 10.6 Å². The van der Waals surface area contributed by atoms with Gasteiger partial charge >= 0.3 is 0 Å². The zero-order valence-electron chi connectivity index (χ0n) is 12.3. The molecule has 0 atom stereocenters. The minimum absolute atomic E-state index is 0.0313. The Morgan fingerprint density at radius 1 is 1.05 bits per heavy atom. The first-order valence-electron chi connectivity index (χ1n) is 7.21. The molecule has 0 aliphatic heterocycles. The lowest BCUT2D eigenvalue weighted by Gasteiger charge is -2.09. The van der Waals surface area contributed by atoms with Crippen LogP contribution in [-0.2, 0) is 9.59 Å². The lowest BCUT2D eigenvalue weighted by molar-refractivity contribution is -0.117. The summed E-state index contributed by atoms with van der Waals surface area (Å²) in [5, 5.41) is 5.70. The summed E-state index contributed by atoms with van der Waals surface area (Å²) in [4.78, 5) is 30.6. The third-order valence-corrected chi connectivity index (χ3v) is 3.08. The molecule has 2 amide bonds. The minimum Gasteiger partial charge on any atom is -0.343 e. The fourth-order valence-electron chi connectivity index (χ4n) is 2.12. The predicted octanol–water partition coefficient (Wildman–Crippen LogP) is 3.04. The van der Waals surface area contributed by atoms with E-state index in [1.54, 1.807) is 18.5 Å². The summed E-state index contributed by atoms with van der Waals surface area (Å²) in [6.45, 7) is 3.91. The van der Waals surface area contributed by atoms with Crippen molar-refractivity contribution >= 4 is 34.2 Å². The molecule has 0 unspecified atom stereocenters. The number of aromatic amines is 1. The smallest absolute Gasteiger partial charge is 0.224 e. The van der Waals surface area contributed by atoms with Gasteiger partial charge in [0, 0.05) is 12.8 Å². The third kappa shape index (κ3) is 3.59. The molecule has 6 nitrogen and oxygen atoms in total. The van der Waals surface area contributed by atoms with Crippen molar-refractivity contribution < 1.29 is 9.59 Å². The molecule has 1 heterocycles. The Hall–Kier alpha value is -2.37. The summed E-state index contributed by atoms with van der Waals surface area (Å²) in [6, 6.07) is 3.54. The molecule has 3 N–H and O–H groups in total. The van der Waals surface area contributed by atoms with Crippen molar-refractivity contribution in [1.29, 1.82) is 0 Å². The molecular formula is C15H20N4O2. The van der Waals surface area contributed by atoms with Gasteiger partial charge in [0.25, 0.3) is 0 Å². The molecule has 0 saturated carbocycles. The van der Waals surface area contributed by atoms with Crippen LogP contribution in [0.3, 0.4) is 0 Å². The maximum absolute atomic E-state index is 11.7. The van der Waals surface area contributed by atoms with Crippen molar-refractivity contribution in [3.05, 3.63) is 18.5 Å². The SMILES string of the molecule is CCCC(=O)Nc1ccc(NC(=O)CCC)c2[nH]cnc12. The molecule has 1 aromatic heterocycles. The number of nitrogens with one attached hydrogen (secondary N) is 3. The monoisotopic (exact) mass is 288 g/mol. The van der Waals surface area contributed by atoms with Crippen molar-refractivity contribution in [2.24, 2.45) is 0 Å². The second-order valence-corrected chi connectivity index (χ2v) is 4.88. The molecule has 2 aromatic rings. The van der Waals surface area contributed by atoms with E-state index in [0.29, 0.717) is 35.2 Å². The minimum atomic E-state index is -0.0374. The van der Waals surface area contributed by atoms with Gasteiger partial charge in [0.2, 0.25) is 11.8 Å². The Morgan fingerprint density at radius 2 is 1.62 bits per heavy atom. The van der Waals surface area contributed by atoms with Gasteiger partial charge in [0.05, 0.1) is 23.2 Å². The largest absolute Gasteiger partial charge is 0.343 e. The van der Waals surface area contributed by atoms with Gasteiger partial charge in [-0.3, -0.25) is 9.59 Å². The number of rotatable bonds is 6. The first kappa shape index (κ1) is 15.0. The number of amides is 2. The normalized spacial score (nSPS) is 10.6. The summed E-state index contributed by atoms with van der Waals surface area (Å²) in [7, 11) is 0. The number of hydrogen-bond donors (Lipinski definition) is 3. The van der Waals surface area contributed by atoms with Crippen LogP contribution in [0.25, 0.3) is 11.0 Å². The Bertz CT molecular complexity index is 594. The topological polar surface area (TPSA) is 86.9 Å². The maximum Gasteiger partial charge on any atom is 0.224 e. The van der Waals surface area contributed by atoms with Crippen molar-refractivity contribution in [2.75, 3.05) is 10.6 Å². The Labute approximate surface area is 123 Å². The van der Waals surface area contributed by atoms with Gasteiger partial charge in [-0.2, -0.15) is 0 Å². The molecule has 21 heavy (non-hydrogen) atoms. The van der Waals surface area contributed by atoms with Crippen LogP contribution in [0, 0.1) is 0 Å². The van der Waals surface area contributed by atoms with Crippen molar-refractivity contribution in [3.63, 3.8) is 0 Å². The van der Waals surface area contributed by atoms with Gasteiger partial charge in [-0.15, -0.1) is 0 Å². The van der Waals surface area contributed by atoms with E-state index in [1.165, 1.54) is 0 Å². The van der Waals surface area contributed by atoms with E-state index in [9.17, 15) is 9.59 Å². The second kappa shape index (κ2) is 6.88. The van der Waals surface area contributed by atoms with Crippen molar-refractivity contribution in [2.45, 2.75) is 39.5 Å². The molecule has 0 bridgehead atoms. The summed E-state index contributed by atoms with van der Waals surface area (Å²) in [6.07, 6.45) is 4.09. The lowest BCUT2D eigenvalue weighted by Crippen LogP contribution is -2.13. The fourth-order valence-corrected chi connectivity index (χ4v) is 2.12. The molecule has 112 valence electrons. The molecule has 0 spiro atoms. The first-order valence-corrected chi connectivity index (χ1v) is 7.21. The van der Waals surface area contributed by atoms with Crippen molar-refractivity contribution in [3.8, 4) is 0 Å². The van der Waals surface area contributed by atoms with Gasteiger partial charge in [-0.25, -0.2) is 4.98 Å². The Kier molecular flexibility index (Phi) is 4.92. The van der Waals surface area contributed by atoms with E-state index in [0.717, 1.165) is 12.8 Å². The molecule has 2 rings (SSSR count). The van der Waals surface area contributed by atoms with Crippen LogP contribution in [0.4, 0.5) is 11.4 Å². The number of nitrogens with zero attached hydrogens (tertiary/aromatic N) is 1. The fraction of sp³-hybridized carbons (Fsp3) is 0.400. The van der Waals surface area contributed by atoms with Crippen LogP contribution in [0.2, 0.25) is 0 Å². The average Bonchev–Trinajstić information content (AvgIpc) is 2.92. The van der Waals surface area contributed by atoms with E-state index >= 15 is 0 Å². The van der Waals surface area contributed by atoms with Gasteiger partial charge in [-0.05, 0) is 25.0 Å². The zero-order valence-corrected chi connectivity index (χ0v) is 12.3. The van der Waals surface area contributed by atoms with E-state index in [-0.39, 0.29) is 11.8 Å². The van der Waals surface area contributed by atoms with Gasteiger partial charge < -0.3 is 15.6 Å². The van der Waals surface area contributed by atoms with Gasteiger partial charge in [0.1, 0.15) is 5.52 Å². The number of anilines is 2. The van der Waals surface area contributed by atoms with Crippen LogP contribution >= 0.6 is 0 Å². The van der Waals surface area contributed by atoms with Gasteiger partial charge in [0.15, 0.2) is 0 Å². The molecule has 0 aliphatic rings. The molecule has 0 radical (unpaired) electrons.